The molecule has 1 heterocycles. The van der Waals surface area contributed by atoms with Crippen LogP contribution in [0.25, 0.3) is 0 Å². The normalized spacial score (nSPS) is 10.7. The van der Waals surface area contributed by atoms with E-state index >= 15 is 0 Å². The highest BCUT2D eigenvalue weighted by molar-refractivity contribution is 5.46. The van der Waals surface area contributed by atoms with E-state index in [2.05, 4.69) is 23.5 Å². The van der Waals surface area contributed by atoms with Crippen molar-refractivity contribution >= 4 is 5.69 Å². The molecule has 4 nitrogen and oxygen atoms in total. The molecule has 0 radical (unpaired) electrons. The predicted octanol–water partition coefficient (Wildman–Crippen LogP) is 3.30. The molecule has 0 bridgehead atoms. The summed E-state index contributed by atoms with van der Waals surface area (Å²) in [7, 11) is 0. The van der Waals surface area contributed by atoms with Gasteiger partial charge in [-0.2, -0.15) is 5.10 Å². The Balaban J connectivity index is 1.89. The van der Waals surface area contributed by atoms with Gasteiger partial charge in [0.1, 0.15) is 5.75 Å². The Hall–Kier alpha value is -1.97. The maximum atomic E-state index is 5.61. The third kappa shape index (κ3) is 4.02. The van der Waals surface area contributed by atoms with Crippen LogP contribution in [-0.4, -0.2) is 15.9 Å². The standard InChI is InChI=1S/C15H21N3O/c1-4-18-11-13(10-17-18)9-16-14-5-7-15(8-6-14)19-12(2)3/h5-8,10-12,16H,4,9H2,1-3H3. The number of hydrogen-bond donors (Lipinski definition) is 1. The van der Waals surface area contributed by atoms with Gasteiger partial charge in [0.25, 0.3) is 0 Å². The molecule has 0 saturated heterocycles. The molecule has 19 heavy (non-hydrogen) atoms. The lowest BCUT2D eigenvalue weighted by atomic mass is 10.3. The zero-order valence-corrected chi connectivity index (χ0v) is 11.8. The van der Waals surface area contributed by atoms with E-state index in [1.54, 1.807) is 0 Å². The van der Waals surface area contributed by atoms with Gasteiger partial charge < -0.3 is 10.1 Å². The minimum atomic E-state index is 0.207. The minimum Gasteiger partial charge on any atom is -0.491 e. The van der Waals surface area contributed by atoms with Crippen LogP contribution in [0.3, 0.4) is 0 Å². The largest absolute Gasteiger partial charge is 0.491 e. The van der Waals surface area contributed by atoms with Crippen LogP contribution in [0.2, 0.25) is 0 Å². The van der Waals surface area contributed by atoms with Crippen molar-refractivity contribution in [2.45, 2.75) is 40.0 Å². The van der Waals surface area contributed by atoms with E-state index in [1.807, 2.05) is 49.0 Å². The van der Waals surface area contributed by atoms with Crippen molar-refractivity contribution < 1.29 is 4.74 Å². The number of nitrogens with zero attached hydrogens (tertiary/aromatic N) is 2. The average Bonchev–Trinajstić information content (AvgIpc) is 2.85. The van der Waals surface area contributed by atoms with Gasteiger partial charge in [0, 0.05) is 30.5 Å². The van der Waals surface area contributed by atoms with Crippen LogP contribution in [0, 0.1) is 0 Å². The van der Waals surface area contributed by atoms with E-state index in [1.165, 1.54) is 5.56 Å². The SMILES string of the molecule is CCn1cc(CNc2ccc(OC(C)C)cc2)cn1. The van der Waals surface area contributed by atoms with Crippen LogP contribution in [0.5, 0.6) is 5.75 Å². The van der Waals surface area contributed by atoms with Crippen LogP contribution in [0.15, 0.2) is 36.7 Å². The topological polar surface area (TPSA) is 39.1 Å². The first-order valence-corrected chi connectivity index (χ1v) is 6.69. The maximum absolute atomic E-state index is 5.61. The van der Waals surface area contributed by atoms with E-state index in [-0.39, 0.29) is 6.10 Å². The summed E-state index contributed by atoms with van der Waals surface area (Å²) in [6, 6.07) is 8.03. The van der Waals surface area contributed by atoms with E-state index < -0.39 is 0 Å². The fourth-order valence-electron chi connectivity index (χ4n) is 1.80. The smallest absolute Gasteiger partial charge is 0.119 e. The molecule has 1 aromatic heterocycles. The second kappa shape index (κ2) is 6.27. The van der Waals surface area contributed by atoms with Gasteiger partial charge in [-0.25, -0.2) is 0 Å². The summed E-state index contributed by atoms with van der Waals surface area (Å²) in [5.74, 6) is 0.902. The van der Waals surface area contributed by atoms with Gasteiger partial charge in [0.15, 0.2) is 0 Å². The number of aryl methyl sites for hydroxylation is 1. The number of ether oxygens (including phenoxy) is 1. The van der Waals surface area contributed by atoms with E-state index in [0.717, 1.165) is 24.5 Å². The fourth-order valence-corrected chi connectivity index (χ4v) is 1.80. The van der Waals surface area contributed by atoms with Crippen molar-refractivity contribution in [3.05, 3.63) is 42.2 Å². The van der Waals surface area contributed by atoms with Gasteiger partial charge in [0.2, 0.25) is 0 Å². The first kappa shape index (κ1) is 13.5. The molecule has 0 unspecified atom stereocenters. The molecule has 0 saturated carbocycles. The number of aromatic nitrogens is 2. The summed E-state index contributed by atoms with van der Waals surface area (Å²) >= 11 is 0. The Labute approximate surface area is 114 Å². The lowest BCUT2D eigenvalue weighted by Crippen LogP contribution is -2.05. The number of rotatable bonds is 6. The lowest BCUT2D eigenvalue weighted by Gasteiger charge is -2.10. The molecule has 0 aliphatic rings. The van der Waals surface area contributed by atoms with Gasteiger partial charge in [-0.05, 0) is 45.0 Å². The fraction of sp³-hybridized carbons (Fsp3) is 0.400. The molecule has 0 amide bonds. The monoisotopic (exact) mass is 259 g/mol. The van der Waals surface area contributed by atoms with Crippen LogP contribution in [-0.2, 0) is 13.1 Å². The Bertz CT molecular complexity index is 502. The second-order valence-electron chi connectivity index (χ2n) is 4.75. The second-order valence-corrected chi connectivity index (χ2v) is 4.75. The van der Waals surface area contributed by atoms with Crippen LogP contribution >= 0.6 is 0 Å². The molecular weight excluding hydrogens is 238 g/mol. The van der Waals surface area contributed by atoms with Crippen LogP contribution in [0.4, 0.5) is 5.69 Å². The quantitative estimate of drug-likeness (QED) is 0.865. The van der Waals surface area contributed by atoms with Crippen LogP contribution in [0.1, 0.15) is 26.3 Å². The van der Waals surface area contributed by atoms with Crippen LogP contribution < -0.4 is 10.1 Å². The molecule has 0 spiro atoms. The number of benzene rings is 1. The van der Waals surface area contributed by atoms with Gasteiger partial charge in [-0.3, -0.25) is 4.68 Å². The molecular formula is C15H21N3O. The van der Waals surface area contributed by atoms with Gasteiger partial charge in [-0.1, -0.05) is 0 Å². The van der Waals surface area contributed by atoms with Gasteiger partial charge in [-0.15, -0.1) is 0 Å². The van der Waals surface area contributed by atoms with Crippen molar-refractivity contribution in [3.8, 4) is 5.75 Å². The van der Waals surface area contributed by atoms with Gasteiger partial charge >= 0.3 is 0 Å². The molecule has 0 atom stereocenters. The van der Waals surface area contributed by atoms with Gasteiger partial charge in [0.05, 0.1) is 12.3 Å². The predicted molar refractivity (Wildman–Crippen MR) is 77.4 cm³/mol. The van der Waals surface area contributed by atoms with E-state index in [0.29, 0.717) is 0 Å². The number of hydrogen-bond acceptors (Lipinski definition) is 3. The molecule has 0 fully saturated rings. The number of anilines is 1. The third-order valence-corrected chi connectivity index (χ3v) is 2.73. The van der Waals surface area contributed by atoms with Crippen molar-refractivity contribution in [2.75, 3.05) is 5.32 Å². The first-order chi connectivity index (χ1) is 9.17. The van der Waals surface area contributed by atoms with Crippen molar-refractivity contribution in [2.24, 2.45) is 0 Å². The molecule has 0 aliphatic carbocycles. The third-order valence-electron chi connectivity index (χ3n) is 2.73. The Morgan fingerprint density at radius 1 is 1.26 bits per heavy atom. The summed E-state index contributed by atoms with van der Waals surface area (Å²) < 4.78 is 7.54. The molecule has 4 heteroatoms. The van der Waals surface area contributed by atoms with E-state index in [9.17, 15) is 0 Å². The highest BCUT2D eigenvalue weighted by atomic mass is 16.5. The highest BCUT2D eigenvalue weighted by Gasteiger charge is 2.00. The average molecular weight is 259 g/mol. The molecule has 102 valence electrons. The minimum absolute atomic E-state index is 0.207. The van der Waals surface area contributed by atoms with Crippen molar-refractivity contribution in [1.29, 1.82) is 0 Å². The summed E-state index contributed by atoms with van der Waals surface area (Å²) in [6.45, 7) is 7.82. The Morgan fingerprint density at radius 2 is 2.00 bits per heavy atom. The van der Waals surface area contributed by atoms with Crippen molar-refractivity contribution in [1.82, 2.24) is 9.78 Å². The molecule has 2 rings (SSSR count). The van der Waals surface area contributed by atoms with E-state index in [4.69, 9.17) is 4.74 Å². The molecule has 2 aromatic rings. The molecule has 1 N–H and O–H groups in total. The zero-order chi connectivity index (χ0) is 13.7. The van der Waals surface area contributed by atoms with Crippen molar-refractivity contribution in [3.63, 3.8) is 0 Å². The summed E-state index contributed by atoms with van der Waals surface area (Å²) in [4.78, 5) is 0. The highest BCUT2D eigenvalue weighted by Crippen LogP contribution is 2.17. The number of nitrogens with one attached hydrogen (secondary N) is 1. The molecule has 0 aliphatic heterocycles. The maximum Gasteiger partial charge on any atom is 0.119 e. The summed E-state index contributed by atoms with van der Waals surface area (Å²) in [5.41, 5.74) is 2.27. The summed E-state index contributed by atoms with van der Waals surface area (Å²) in [5, 5.41) is 7.62. The Morgan fingerprint density at radius 3 is 2.58 bits per heavy atom. The first-order valence-electron chi connectivity index (χ1n) is 6.69. The Kier molecular flexibility index (Phi) is 4.44. The lowest BCUT2D eigenvalue weighted by molar-refractivity contribution is 0.242. The summed E-state index contributed by atoms with van der Waals surface area (Å²) in [6.07, 6.45) is 4.16. The molecule has 1 aromatic carbocycles. The zero-order valence-electron chi connectivity index (χ0n) is 11.8.